The van der Waals surface area contributed by atoms with Crippen LogP contribution in [0.4, 0.5) is 4.79 Å². The lowest BCUT2D eigenvalue weighted by Crippen LogP contribution is -2.40. The van der Waals surface area contributed by atoms with E-state index in [1.807, 2.05) is 0 Å². The molecule has 0 aliphatic carbocycles. The van der Waals surface area contributed by atoms with Gasteiger partial charge in [-0.15, -0.1) is 0 Å². The van der Waals surface area contributed by atoms with Crippen molar-refractivity contribution in [3.05, 3.63) is 10.1 Å². The van der Waals surface area contributed by atoms with E-state index in [2.05, 4.69) is 0 Å². The molecule has 1 saturated heterocycles. The first kappa shape index (κ1) is 11.7. The molecule has 6 heteroatoms. The van der Waals surface area contributed by atoms with E-state index < -0.39 is 0 Å². The largest absolute Gasteiger partial charge is 0.450 e. The van der Waals surface area contributed by atoms with Gasteiger partial charge in [0.05, 0.1) is 6.61 Å². The first-order valence-electron chi connectivity index (χ1n) is 5.17. The normalized spacial score (nSPS) is 17.5. The second-order valence-corrected chi connectivity index (χ2v) is 3.64. The fourth-order valence-corrected chi connectivity index (χ4v) is 1.72. The third kappa shape index (κ3) is 3.73. The van der Waals surface area contributed by atoms with Gasteiger partial charge in [-0.3, -0.25) is 10.1 Å². The summed E-state index contributed by atoms with van der Waals surface area (Å²) in [7, 11) is 0. The Morgan fingerprint density at radius 1 is 1.53 bits per heavy atom. The molecule has 0 aromatic heterocycles. The summed E-state index contributed by atoms with van der Waals surface area (Å²) in [6.45, 7) is 3.27. The first-order valence-corrected chi connectivity index (χ1v) is 5.17. The molecule has 1 fully saturated rings. The number of hydrogen-bond acceptors (Lipinski definition) is 4. The van der Waals surface area contributed by atoms with E-state index in [4.69, 9.17) is 4.74 Å². The Morgan fingerprint density at radius 3 is 2.60 bits per heavy atom. The van der Waals surface area contributed by atoms with Gasteiger partial charge in [0, 0.05) is 23.9 Å². The number of nitrogens with zero attached hydrogens (tertiary/aromatic N) is 2. The predicted octanol–water partition coefficient (Wildman–Crippen LogP) is 1.13. The van der Waals surface area contributed by atoms with Crippen molar-refractivity contribution in [1.82, 2.24) is 4.90 Å². The lowest BCUT2D eigenvalue weighted by molar-refractivity contribution is -0.489. The molecule has 0 N–H and O–H groups in total. The Bertz CT molecular complexity index is 236. The predicted molar refractivity (Wildman–Crippen MR) is 53.2 cm³/mol. The molecule has 1 heterocycles. The molecule has 15 heavy (non-hydrogen) atoms. The van der Waals surface area contributed by atoms with Crippen molar-refractivity contribution < 1.29 is 14.5 Å². The van der Waals surface area contributed by atoms with E-state index in [-0.39, 0.29) is 23.5 Å². The van der Waals surface area contributed by atoms with Gasteiger partial charge in [-0.2, -0.15) is 0 Å². The Morgan fingerprint density at radius 2 is 2.13 bits per heavy atom. The average molecular weight is 216 g/mol. The van der Waals surface area contributed by atoms with Gasteiger partial charge in [0.2, 0.25) is 6.54 Å². The molecule has 0 unspecified atom stereocenters. The van der Waals surface area contributed by atoms with Crippen LogP contribution in [0.15, 0.2) is 0 Å². The van der Waals surface area contributed by atoms with Crippen LogP contribution < -0.4 is 0 Å². The van der Waals surface area contributed by atoms with Gasteiger partial charge in [-0.05, 0) is 19.8 Å². The highest BCUT2D eigenvalue weighted by Gasteiger charge is 2.26. The summed E-state index contributed by atoms with van der Waals surface area (Å²) in [4.78, 5) is 22.9. The van der Waals surface area contributed by atoms with Crippen molar-refractivity contribution in [3.8, 4) is 0 Å². The fraction of sp³-hybridized carbons (Fsp3) is 0.889. The van der Waals surface area contributed by atoms with E-state index in [0.717, 1.165) is 0 Å². The van der Waals surface area contributed by atoms with Crippen molar-refractivity contribution >= 4 is 6.09 Å². The highest BCUT2D eigenvalue weighted by Crippen LogP contribution is 2.17. The van der Waals surface area contributed by atoms with Crippen molar-refractivity contribution in [2.45, 2.75) is 19.8 Å². The number of hydrogen-bond donors (Lipinski definition) is 0. The Labute approximate surface area is 88.3 Å². The van der Waals surface area contributed by atoms with Crippen LogP contribution in [0.25, 0.3) is 0 Å². The van der Waals surface area contributed by atoms with Crippen LogP contribution in [0, 0.1) is 16.0 Å². The summed E-state index contributed by atoms with van der Waals surface area (Å²) in [6.07, 6.45) is 1.08. The molecule has 1 rings (SSSR count). The molecule has 0 aromatic rings. The maximum atomic E-state index is 11.3. The minimum Gasteiger partial charge on any atom is -0.450 e. The Balaban J connectivity index is 2.29. The van der Waals surface area contributed by atoms with Gasteiger partial charge in [0.15, 0.2) is 0 Å². The quantitative estimate of drug-likeness (QED) is 0.523. The van der Waals surface area contributed by atoms with Crippen LogP contribution in [-0.2, 0) is 4.74 Å². The Hall–Kier alpha value is -1.33. The minimum atomic E-state index is -0.308. The second-order valence-electron chi connectivity index (χ2n) is 3.64. The van der Waals surface area contributed by atoms with Gasteiger partial charge in [0.1, 0.15) is 0 Å². The van der Waals surface area contributed by atoms with Crippen LogP contribution in [0.1, 0.15) is 19.8 Å². The second kappa shape index (κ2) is 5.53. The monoisotopic (exact) mass is 216 g/mol. The molecule has 1 aliphatic heterocycles. The zero-order valence-electron chi connectivity index (χ0n) is 8.85. The molecule has 0 saturated carbocycles. The molecular weight excluding hydrogens is 200 g/mol. The molecule has 0 aromatic carbocycles. The van der Waals surface area contributed by atoms with Gasteiger partial charge >= 0.3 is 6.09 Å². The van der Waals surface area contributed by atoms with Crippen LogP contribution in [0.2, 0.25) is 0 Å². The SMILES string of the molecule is CCOC(=O)N1CCC(C[N+](=O)[O-])CC1. The van der Waals surface area contributed by atoms with Gasteiger partial charge in [-0.25, -0.2) is 4.79 Å². The third-order valence-corrected chi connectivity index (χ3v) is 2.55. The maximum Gasteiger partial charge on any atom is 0.409 e. The van der Waals surface area contributed by atoms with Gasteiger partial charge < -0.3 is 9.64 Å². The third-order valence-electron chi connectivity index (χ3n) is 2.55. The first-order chi connectivity index (χ1) is 7.13. The highest BCUT2D eigenvalue weighted by molar-refractivity contribution is 5.67. The summed E-state index contributed by atoms with van der Waals surface area (Å²) in [5, 5.41) is 10.3. The van der Waals surface area contributed by atoms with E-state index >= 15 is 0 Å². The fourth-order valence-electron chi connectivity index (χ4n) is 1.72. The molecule has 1 aliphatic rings. The molecule has 86 valence electrons. The number of carbonyl (C=O) groups is 1. The van der Waals surface area contributed by atoms with Crippen LogP contribution in [0.5, 0.6) is 0 Å². The van der Waals surface area contributed by atoms with E-state index in [0.29, 0.717) is 32.5 Å². The molecule has 1 amide bonds. The van der Waals surface area contributed by atoms with Crippen molar-refractivity contribution in [1.29, 1.82) is 0 Å². The average Bonchev–Trinajstić information content (AvgIpc) is 2.18. The number of carbonyl (C=O) groups excluding carboxylic acids is 1. The maximum absolute atomic E-state index is 11.3. The van der Waals surface area contributed by atoms with E-state index in [1.54, 1.807) is 11.8 Å². The summed E-state index contributed by atoms with van der Waals surface area (Å²) >= 11 is 0. The summed E-state index contributed by atoms with van der Waals surface area (Å²) in [5.74, 6) is 0.102. The minimum absolute atomic E-state index is 0.0106. The van der Waals surface area contributed by atoms with Crippen molar-refractivity contribution in [2.75, 3.05) is 26.2 Å². The number of amides is 1. The molecule has 0 radical (unpaired) electrons. The summed E-state index contributed by atoms with van der Waals surface area (Å²) < 4.78 is 4.85. The van der Waals surface area contributed by atoms with Crippen molar-refractivity contribution in [2.24, 2.45) is 5.92 Å². The van der Waals surface area contributed by atoms with E-state index in [1.165, 1.54) is 0 Å². The molecule has 6 nitrogen and oxygen atoms in total. The molecule has 0 spiro atoms. The van der Waals surface area contributed by atoms with Gasteiger partial charge in [-0.1, -0.05) is 0 Å². The van der Waals surface area contributed by atoms with Crippen LogP contribution >= 0.6 is 0 Å². The molecular formula is C9H16N2O4. The smallest absolute Gasteiger partial charge is 0.409 e. The van der Waals surface area contributed by atoms with Crippen LogP contribution in [-0.4, -0.2) is 42.2 Å². The number of ether oxygens (including phenoxy) is 1. The van der Waals surface area contributed by atoms with E-state index in [9.17, 15) is 14.9 Å². The number of nitro groups is 1. The highest BCUT2D eigenvalue weighted by atomic mass is 16.6. The lowest BCUT2D eigenvalue weighted by atomic mass is 9.97. The van der Waals surface area contributed by atoms with Gasteiger partial charge in [0.25, 0.3) is 0 Å². The standard InChI is InChI=1S/C9H16N2O4/c1-2-15-9(12)10-5-3-8(4-6-10)7-11(13)14/h8H,2-7H2,1H3. The topological polar surface area (TPSA) is 72.7 Å². The molecule has 0 atom stereocenters. The summed E-state index contributed by atoms with van der Waals surface area (Å²) in [5.41, 5.74) is 0. The number of likely N-dealkylation sites (tertiary alicyclic amines) is 1. The zero-order chi connectivity index (χ0) is 11.3. The van der Waals surface area contributed by atoms with Crippen LogP contribution in [0.3, 0.4) is 0 Å². The zero-order valence-corrected chi connectivity index (χ0v) is 8.85. The van der Waals surface area contributed by atoms with Crippen molar-refractivity contribution in [3.63, 3.8) is 0 Å². The number of piperidine rings is 1. The number of rotatable bonds is 3. The lowest BCUT2D eigenvalue weighted by Gasteiger charge is -2.29. The Kier molecular flexibility index (Phi) is 4.33. The summed E-state index contributed by atoms with van der Waals surface area (Å²) in [6, 6.07) is 0. The molecule has 0 bridgehead atoms.